The highest BCUT2D eigenvalue weighted by Gasteiger charge is 2.19. The van der Waals surface area contributed by atoms with Gasteiger partial charge in [0.2, 0.25) is 5.43 Å². The van der Waals surface area contributed by atoms with Crippen LogP contribution in [0.5, 0.6) is 0 Å². The molecule has 5 heteroatoms. The number of rotatable bonds is 2. The van der Waals surface area contributed by atoms with Gasteiger partial charge in [-0.2, -0.15) is 9.78 Å². The molecule has 0 spiro atoms. The molecule has 0 bridgehead atoms. The zero-order chi connectivity index (χ0) is 16.0. The molecule has 4 rings (SSSR count). The van der Waals surface area contributed by atoms with E-state index in [9.17, 15) is 4.79 Å². The summed E-state index contributed by atoms with van der Waals surface area (Å²) in [6, 6.07) is 13.2. The van der Waals surface area contributed by atoms with Gasteiger partial charge in [0, 0.05) is 11.6 Å². The predicted octanol–water partition coefficient (Wildman–Crippen LogP) is 3.39. The van der Waals surface area contributed by atoms with Gasteiger partial charge in [-0.15, -0.1) is 0 Å². The average Bonchev–Trinajstić information content (AvgIpc) is 2.96. The molecule has 1 aromatic carbocycles. The van der Waals surface area contributed by atoms with Crippen LogP contribution in [0.15, 0.2) is 53.5 Å². The summed E-state index contributed by atoms with van der Waals surface area (Å²) in [7, 11) is 0. The number of aromatic nitrogens is 4. The fourth-order valence-electron chi connectivity index (χ4n) is 2.88. The second kappa shape index (κ2) is 5.05. The normalized spacial score (nSPS) is 11.6. The fourth-order valence-corrected chi connectivity index (χ4v) is 2.88. The molecule has 0 saturated heterocycles. The monoisotopic (exact) mass is 304 g/mol. The molecule has 0 unspecified atom stereocenters. The van der Waals surface area contributed by atoms with Crippen molar-refractivity contribution in [3.05, 3.63) is 64.6 Å². The van der Waals surface area contributed by atoms with E-state index in [4.69, 9.17) is 0 Å². The number of hydrogen-bond donors (Lipinski definition) is 1. The third-order valence-corrected chi connectivity index (χ3v) is 3.98. The number of aromatic amines is 1. The quantitative estimate of drug-likeness (QED) is 0.617. The van der Waals surface area contributed by atoms with Crippen molar-refractivity contribution in [3.8, 4) is 5.82 Å². The van der Waals surface area contributed by atoms with Gasteiger partial charge in [0.15, 0.2) is 5.82 Å². The Morgan fingerprint density at radius 3 is 2.61 bits per heavy atom. The summed E-state index contributed by atoms with van der Waals surface area (Å²) in [6.07, 6.45) is 1.72. The van der Waals surface area contributed by atoms with Crippen LogP contribution < -0.4 is 5.43 Å². The van der Waals surface area contributed by atoms with Gasteiger partial charge in [-0.3, -0.25) is 4.79 Å². The Bertz CT molecular complexity index is 1060. The number of pyridine rings is 2. The average molecular weight is 304 g/mol. The van der Waals surface area contributed by atoms with E-state index in [1.54, 1.807) is 10.9 Å². The van der Waals surface area contributed by atoms with E-state index in [1.165, 1.54) is 0 Å². The van der Waals surface area contributed by atoms with Crippen molar-refractivity contribution >= 4 is 21.9 Å². The number of nitrogens with zero attached hydrogens (tertiary/aromatic N) is 3. The topological polar surface area (TPSA) is 63.6 Å². The Morgan fingerprint density at radius 2 is 1.87 bits per heavy atom. The molecule has 0 amide bonds. The van der Waals surface area contributed by atoms with Crippen molar-refractivity contribution in [1.82, 2.24) is 19.7 Å². The van der Waals surface area contributed by atoms with Gasteiger partial charge in [-0.1, -0.05) is 32.0 Å². The summed E-state index contributed by atoms with van der Waals surface area (Å²) in [5, 5.41) is 5.99. The molecule has 0 fully saturated rings. The zero-order valence-corrected chi connectivity index (χ0v) is 12.9. The number of hydrogen-bond acceptors (Lipinski definition) is 3. The first-order valence-electron chi connectivity index (χ1n) is 7.62. The van der Waals surface area contributed by atoms with E-state index in [-0.39, 0.29) is 11.3 Å². The van der Waals surface area contributed by atoms with Crippen LogP contribution in [0, 0.1) is 0 Å². The lowest BCUT2D eigenvalue weighted by Gasteiger charge is -2.03. The standard InChI is InChI=1S/C18H16N4O/c1-11(2)16-15-17(23)12-7-3-4-8-13(12)20-18(15)22(21-16)14-9-5-6-10-19-14/h3-11H,1-2H3,(H,20,23). The van der Waals surface area contributed by atoms with Crippen LogP contribution in [0.4, 0.5) is 0 Å². The number of fused-ring (bicyclic) bond motifs is 2. The molecule has 0 aliphatic carbocycles. The molecule has 0 saturated carbocycles. The summed E-state index contributed by atoms with van der Waals surface area (Å²) in [5.41, 5.74) is 2.30. The highest BCUT2D eigenvalue weighted by molar-refractivity contribution is 5.93. The predicted molar refractivity (Wildman–Crippen MR) is 91.1 cm³/mol. The molecule has 5 nitrogen and oxygen atoms in total. The van der Waals surface area contributed by atoms with E-state index in [2.05, 4.69) is 15.1 Å². The molecule has 3 heterocycles. The van der Waals surface area contributed by atoms with Gasteiger partial charge in [0.05, 0.1) is 16.6 Å². The van der Waals surface area contributed by atoms with Crippen LogP contribution >= 0.6 is 0 Å². The number of nitrogens with one attached hydrogen (secondary N) is 1. The molecule has 0 aliphatic heterocycles. The first-order chi connectivity index (χ1) is 11.2. The third-order valence-electron chi connectivity index (χ3n) is 3.98. The molecule has 114 valence electrons. The SMILES string of the molecule is CC(C)c1nn(-c2ccccn2)c2[nH]c3ccccc3c(=O)c12. The number of benzene rings is 1. The van der Waals surface area contributed by atoms with Crippen molar-refractivity contribution in [1.29, 1.82) is 0 Å². The van der Waals surface area contributed by atoms with Crippen LogP contribution in [-0.2, 0) is 0 Å². The van der Waals surface area contributed by atoms with Crippen LogP contribution in [0.1, 0.15) is 25.5 Å². The Kier molecular flexibility index (Phi) is 3.01. The van der Waals surface area contributed by atoms with Crippen LogP contribution in [0.3, 0.4) is 0 Å². The van der Waals surface area contributed by atoms with Crippen LogP contribution in [0.25, 0.3) is 27.8 Å². The molecule has 0 radical (unpaired) electrons. The van der Waals surface area contributed by atoms with Gasteiger partial charge in [-0.05, 0) is 30.2 Å². The molecule has 0 atom stereocenters. The number of para-hydroxylation sites is 1. The Labute approximate surface area is 132 Å². The Hall–Kier alpha value is -2.95. The van der Waals surface area contributed by atoms with E-state index < -0.39 is 0 Å². The molecule has 23 heavy (non-hydrogen) atoms. The highest BCUT2D eigenvalue weighted by atomic mass is 16.1. The Balaban J connectivity index is 2.19. The molecular formula is C18H16N4O. The fraction of sp³-hybridized carbons (Fsp3) is 0.167. The lowest BCUT2D eigenvalue weighted by atomic mass is 10.1. The van der Waals surface area contributed by atoms with Crippen molar-refractivity contribution < 1.29 is 0 Å². The molecule has 1 N–H and O–H groups in total. The van der Waals surface area contributed by atoms with Gasteiger partial charge in [-0.25, -0.2) is 4.98 Å². The summed E-state index contributed by atoms with van der Waals surface area (Å²) in [4.78, 5) is 20.7. The lowest BCUT2D eigenvalue weighted by Crippen LogP contribution is -2.06. The van der Waals surface area contributed by atoms with E-state index >= 15 is 0 Å². The van der Waals surface area contributed by atoms with E-state index in [0.29, 0.717) is 22.2 Å². The number of H-pyrrole nitrogens is 1. The van der Waals surface area contributed by atoms with Crippen molar-refractivity contribution in [2.45, 2.75) is 19.8 Å². The van der Waals surface area contributed by atoms with E-state index in [0.717, 1.165) is 11.2 Å². The molecule has 3 aromatic heterocycles. The van der Waals surface area contributed by atoms with Gasteiger partial charge in [0.1, 0.15) is 5.65 Å². The van der Waals surface area contributed by atoms with Crippen molar-refractivity contribution in [2.24, 2.45) is 0 Å². The van der Waals surface area contributed by atoms with Gasteiger partial charge < -0.3 is 4.98 Å². The second-order valence-electron chi connectivity index (χ2n) is 5.86. The minimum atomic E-state index is 0.0141. The maximum Gasteiger partial charge on any atom is 0.200 e. The van der Waals surface area contributed by atoms with Gasteiger partial charge >= 0.3 is 0 Å². The largest absolute Gasteiger partial charge is 0.339 e. The van der Waals surface area contributed by atoms with Crippen LogP contribution in [0.2, 0.25) is 0 Å². The maximum absolute atomic E-state index is 13.0. The Morgan fingerprint density at radius 1 is 1.09 bits per heavy atom. The highest BCUT2D eigenvalue weighted by Crippen LogP contribution is 2.25. The molecular weight excluding hydrogens is 288 g/mol. The lowest BCUT2D eigenvalue weighted by molar-refractivity contribution is 0.766. The van der Waals surface area contributed by atoms with Crippen molar-refractivity contribution in [2.75, 3.05) is 0 Å². The summed E-state index contributed by atoms with van der Waals surface area (Å²) >= 11 is 0. The minimum Gasteiger partial charge on any atom is -0.339 e. The first-order valence-corrected chi connectivity index (χ1v) is 7.62. The zero-order valence-electron chi connectivity index (χ0n) is 12.9. The second-order valence-corrected chi connectivity index (χ2v) is 5.86. The third kappa shape index (κ3) is 2.04. The van der Waals surface area contributed by atoms with E-state index in [1.807, 2.05) is 56.3 Å². The molecule has 0 aliphatic rings. The van der Waals surface area contributed by atoms with Crippen LogP contribution in [-0.4, -0.2) is 19.7 Å². The summed E-state index contributed by atoms with van der Waals surface area (Å²) in [6.45, 7) is 4.08. The maximum atomic E-state index is 13.0. The van der Waals surface area contributed by atoms with Gasteiger partial charge in [0.25, 0.3) is 0 Å². The smallest absolute Gasteiger partial charge is 0.200 e. The summed E-state index contributed by atoms with van der Waals surface area (Å²) in [5.74, 6) is 0.833. The minimum absolute atomic E-state index is 0.0141. The first kappa shape index (κ1) is 13.7. The molecule has 4 aromatic rings. The van der Waals surface area contributed by atoms with Crippen molar-refractivity contribution in [3.63, 3.8) is 0 Å². The summed E-state index contributed by atoms with van der Waals surface area (Å²) < 4.78 is 1.72.